The minimum atomic E-state index is -0.778. The molecule has 0 saturated heterocycles. The first kappa shape index (κ1) is 14.5. The van der Waals surface area contributed by atoms with E-state index in [0.717, 1.165) is 11.3 Å². The van der Waals surface area contributed by atoms with Crippen molar-refractivity contribution in [2.45, 2.75) is 20.4 Å². The van der Waals surface area contributed by atoms with Crippen LogP contribution in [0, 0.1) is 5.41 Å². The third-order valence-corrected chi connectivity index (χ3v) is 2.83. The fourth-order valence-corrected chi connectivity index (χ4v) is 1.88. The first-order valence-electron chi connectivity index (χ1n) is 5.90. The van der Waals surface area contributed by atoms with E-state index in [1.54, 1.807) is 21.0 Å². The van der Waals surface area contributed by atoms with Crippen molar-refractivity contribution in [2.75, 3.05) is 20.7 Å². The third-order valence-electron chi connectivity index (χ3n) is 2.83. The van der Waals surface area contributed by atoms with Crippen molar-refractivity contribution in [1.29, 1.82) is 0 Å². The van der Waals surface area contributed by atoms with E-state index in [2.05, 4.69) is 0 Å². The number of rotatable bonds is 6. The molecule has 0 aliphatic carbocycles. The number of aliphatic carboxylic acids is 1. The van der Waals surface area contributed by atoms with Gasteiger partial charge in [0.25, 0.3) is 0 Å². The Bertz CT molecular complexity index is 415. The summed E-state index contributed by atoms with van der Waals surface area (Å²) in [5.74, 6) is 0.0402. The quantitative estimate of drug-likeness (QED) is 0.842. The van der Waals surface area contributed by atoms with Crippen LogP contribution in [-0.4, -0.2) is 36.7 Å². The molecule has 0 unspecified atom stereocenters. The number of ether oxygens (including phenoxy) is 1. The molecule has 1 aromatic rings. The number of carbonyl (C=O) groups is 1. The Kier molecular flexibility index (Phi) is 4.73. The Morgan fingerprint density at radius 3 is 2.67 bits per heavy atom. The molecule has 0 radical (unpaired) electrons. The monoisotopic (exact) mass is 251 g/mol. The maximum atomic E-state index is 11.1. The molecule has 0 aliphatic heterocycles. The molecular weight excluding hydrogens is 230 g/mol. The van der Waals surface area contributed by atoms with Crippen LogP contribution in [0.25, 0.3) is 0 Å². The molecule has 0 fully saturated rings. The summed E-state index contributed by atoms with van der Waals surface area (Å²) in [6.45, 7) is 4.67. The minimum absolute atomic E-state index is 0.500. The van der Waals surface area contributed by atoms with Crippen LogP contribution in [0.2, 0.25) is 0 Å². The first-order chi connectivity index (χ1) is 8.35. The fourth-order valence-electron chi connectivity index (χ4n) is 1.88. The zero-order valence-corrected chi connectivity index (χ0v) is 11.4. The summed E-state index contributed by atoms with van der Waals surface area (Å²) in [6, 6.07) is 7.80. The van der Waals surface area contributed by atoms with Crippen LogP contribution in [-0.2, 0) is 11.3 Å². The lowest BCUT2D eigenvalue weighted by Crippen LogP contribution is -2.36. The van der Waals surface area contributed by atoms with Crippen molar-refractivity contribution < 1.29 is 14.6 Å². The van der Waals surface area contributed by atoms with E-state index < -0.39 is 11.4 Å². The van der Waals surface area contributed by atoms with Gasteiger partial charge >= 0.3 is 5.97 Å². The van der Waals surface area contributed by atoms with Crippen molar-refractivity contribution in [1.82, 2.24) is 4.90 Å². The molecular formula is C14H21NO3. The van der Waals surface area contributed by atoms with Gasteiger partial charge in [-0.3, -0.25) is 4.79 Å². The van der Waals surface area contributed by atoms with Gasteiger partial charge < -0.3 is 14.7 Å². The van der Waals surface area contributed by atoms with E-state index in [1.165, 1.54) is 0 Å². The van der Waals surface area contributed by atoms with Gasteiger partial charge in [0.15, 0.2) is 0 Å². The second-order valence-corrected chi connectivity index (χ2v) is 5.21. The zero-order chi connectivity index (χ0) is 13.8. The van der Waals surface area contributed by atoms with E-state index in [-0.39, 0.29) is 0 Å². The Labute approximate surface area is 108 Å². The van der Waals surface area contributed by atoms with Gasteiger partial charge in [0.05, 0.1) is 12.5 Å². The van der Waals surface area contributed by atoms with Crippen LogP contribution < -0.4 is 4.74 Å². The summed E-state index contributed by atoms with van der Waals surface area (Å²) < 4.78 is 5.16. The molecule has 1 N–H and O–H groups in total. The van der Waals surface area contributed by atoms with Crippen LogP contribution in [0.1, 0.15) is 19.4 Å². The molecule has 0 saturated carbocycles. The molecule has 0 bridgehead atoms. The maximum absolute atomic E-state index is 11.1. The average molecular weight is 251 g/mol. The van der Waals surface area contributed by atoms with Crippen LogP contribution in [0.4, 0.5) is 0 Å². The Morgan fingerprint density at radius 1 is 1.44 bits per heavy atom. The maximum Gasteiger partial charge on any atom is 0.310 e. The first-order valence-corrected chi connectivity index (χ1v) is 5.90. The molecule has 1 aromatic carbocycles. The van der Waals surface area contributed by atoms with Crippen molar-refractivity contribution in [3.05, 3.63) is 29.8 Å². The molecule has 4 nitrogen and oxygen atoms in total. The molecule has 0 amide bonds. The summed E-state index contributed by atoms with van der Waals surface area (Å²) >= 11 is 0. The predicted molar refractivity (Wildman–Crippen MR) is 70.7 cm³/mol. The smallest absolute Gasteiger partial charge is 0.310 e. The number of carboxylic acids is 1. The van der Waals surface area contributed by atoms with Crippen molar-refractivity contribution in [2.24, 2.45) is 5.41 Å². The number of hydrogen-bond donors (Lipinski definition) is 1. The molecule has 0 heterocycles. The topological polar surface area (TPSA) is 49.8 Å². The summed E-state index contributed by atoms with van der Waals surface area (Å²) in [4.78, 5) is 13.1. The zero-order valence-electron chi connectivity index (χ0n) is 11.4. The highest BCUT2D eigenvalue weighted by Gasteiger charge is 2.28. The number of hydrogen-bond acceptors (Lipinski definition) is 3. The SMILES string of the molecule is COc1cccc(CN(C)CC(C)(C)C(=O)O)c1. The second kappa shape index (κ2) is 5.87. The largest absolute Gasteiger partial charge is 0.497 e. The lowest BCUT2D eigenvalue weighted by atomic mass is 9.93. The van der Waals surface area contributed by atoms with E-state index in [9.17, 15) is 4.79 Å². The summed E-state index contributed by atoms with van der Waals surface area (Å²) in [5.41, 5.74) is 0.367. The van der Waals surface area contributed by atoms with Gasteiger partial charge in [-0.25, -0.2) is 0 Å². The van der Waals surface area contributed by atoms with Gasteiger partial charge in [0, 0.05) is 13.1 Å². The minimum Gasteiger partial charge on any atom is -0.497 e. The van der Waals surface area contributed by atoms with Gasteiger partial charge in [-0.15, -0.1) is 0 Å². The Morgan fingerprint density at radius 2 is 2.11 bits per heavy atom. The molecule has 0 aliphatic rings. The lowest BCUT2D eigenvalue weighted by molar-refractivity contribution is -0.147. The van der Waals surface area contributed by atoms with Crippen LogP contribution in [0.15, 0.2) is 24.3 Å². The summed E-state index contributed by atoms with van der Waals surface area (Å²) in [6.07, 6.45) is 0. The Balaban J connectivity index is 2.64. The van der Waals surface area contributed by atoms with Crippen LogP contribution in [0.5, 0.6) is 5.75 Å². The number of nitrogens with zero attached hydrogens (tertiary/aromatic N) is 1. The van der Waals surface area contributed by atoms with Crippen molar-refractivity contribution in [3.8, 4) is 5.75 Å². The van der Waals surface area contributed by atoms with Crippen LogP contribution in [0.3, 0.4) is 0 Å². The van der Waals surface area contributed by atoms with E-state index in [1.807, 2.05) is 36.2 Å². The van der Waals surface area contributed by atoms with Gasteiger partial charge in [-0.2, -0.15) is 0 Å². The molecule has 0 atom stereocenters. The number of carboxylic acid groups (broad SMARTS) is 1. The van der Waals surface area contributed by atoms with Crippen LogP contribution >= 0.6 is 0 Å². The van der Waals surface area contributed by atoms with E-state index in [0.29, 0.717) is 13.1 Å². The molecule has 1 rings (SSSR count). The third kappa shape index (κ3) is 4.04. The molecule has 0 spiro atoms. The molecule has 4 heteroatoms. The Hall–Kier alpha value is -1.55. The van der Waals surface area contributed by atoms with Gasteiger partial charge in [0.2, 0.25) is 0 Å². The summed E-state index contributed by atoms with van der Waals surface area (Å²) in [5, 5.41) is 9.09. The lowest BCUT2D eigenvalue weighted by Gasteiger charge is -2.26. The van der Waals surface area contributed by atoms with Crippen molar-refractivity contribution in [3.63, 3.8) is 0 Å². The van der Waals surface area contributed by atoms with Gasteiger partial charge in [-0.05, 0) is 38.6 Å². The van der Waals surface area contributed by atoms with E-state index in [4.69, 9.17) is 9.84 Å². The van der Waals surface area contributed by atoms with Gasteiger partial charge in [-0.1, -0.05) is 12.1 Å². The van der Waals surface area contributed by atoms with E-state index >= 15 is 0 Å². The van der Waals surface area contributed by atoms with Crippen molar-refractivity contribution >= 4 is 5.97 Å². The highest BCUT2D eigenvalue weighted by Crippen LogP contribution is 2.19. The number of methoxy groups -OCH3 is 1. The second-order valence-electron chi connectivity index (χ2n) is 5.21. The molecule has 100 valence electrons. The predicted octanol–water partition coefficient (Wildman–Crippen LogP) is 2.24. The van der Waals surface area contributed by atoms with Gasteiger partial charge in [0.1, 0.15) is 5.75 Å². The summed E-state index contributed by atoms with van der Waals surface area (Å²) in [7, 11) is 3.56. The average Bonchev–Trinajstić information content (AvgIpc) is 2.28. The fraction of sp³-hybridized carbons (Fsp3) is 0.500. The standard InChI is InChI=1S/C14H21NO3/c1-14(2,13(16)17)10-15(3)9-11-6-5-7-12(8-11)18-4/h5-8H,9-10H2,1-4H3,(H,16,17). The number of benzene rings is 1. The highest BCUT2D eigenvalue weighted by atomic mass is 16.5. The highest BCUT2D eigenvalue weighted by molar-refractivity contribution is 5.73. The normalized spacial score (nSPS) is 11.6. The molecule has 0 aromatic heterocycles. The molecule has 18 heavy (non-hydrogen) atoms.